The number of aryl methyl sites for hydroxylation is 1. The third kappa shape index (κ3) is 1.46. The molecule has 1 aromatic carbocycles. The molecule has 0 aliphatic rings. The number of fused-ring (bicyclic) bond motifs is 1. The van der Waals surface area contributed by atoms with Crippen LogP contribution in [0.3, 0.4) is 0 Å². The van der Waals surface area contributed by atoms with E-state index in [1.807, 2.05) is 11.5 Å². The van der Waals surface area contributed by atoms with E-state index in [0.717, 1.165) is 18.3 Å². The van der Waals surface area contributed by atoms with E-state index in [2.05, 4.69) is 0 Å². The maximum absolute atomic E-state index is 10.8. The third-order valence-corrected chi connectivity index (χ3v) is 2.57. The molecule has 5 nitrogen and oxygen atoms in total. The number of nitro groups is 1. The van der Waals surface area contributed by atoms with E-state index in [-0.39, 0.29) is 5.69 Å². The number of hydrogen-bond donors (Lipinski definition) is 0. The van der Waals surface area contributed by atoms with Gasteiger partial charge in [-0.05, 0) is 13.0 Å². The molecule has 0 spiro atoms. The Bertz CT molecular complexity index is 572. The van der Waals surface area contributed by atoms with Gasteiger partial charge in [-0.1, -0.05) is 0 Å². The molecule has 0 N–H and O–H groups in total. The summed E-state index contributed by atoms with van der Waals surface area (Å²) in [7, 11) is 0. The summed E-state index contributed by atoms with van der Waals surface area (Å²) in [4.78, 5) is 21.0. The number of benzene rings is 1. The van der Waals surface area contributed by atoms with Gasteiger partial charge in [0, 0.05) is 41.3 Å². The second kappa shape index (κ2) is 3.77. The zero-order chi connectivity index (χ0) is 11.7. The fraction of sp³-hybridized carbons (Fsp3) is 0.182. The Morgan fingerprint density at radius 2 is 2.25 bits per heavy atom. The van der Waals surface area contributed by atoms with Crippen molar-refractivity contribution in [3.05, 3.63) is 40.1 Å². The lowest BCUT2D eigenvalue weighted by Crippen LogP contribution is -1.91. The van der Waals surface area contributed by atoms with Gasteiger partial charge in [-0.25, -0.2) is 0 Å². The van der Waals surface area contributed by atoms with Crippen molar-refractivity contribution in [1.29, 1.82) is 0 Å². The zero-order valence-corrected chi connectivity index (χ0v) is 8.71. The lowest BCUT2D eigenvalue weighted by atomic mass is 10.2. The van der Waals surface area contributed by atoms with Crippen LogP contribution in [0.5, 0.6) is 0 Å². The molecular formula is C11H10N2O3. The molecule has 16 heavy (non-hydrogen) atoms. The van der Waals surface area contributed by atoms with Crippen molar-refractivity contribution in [3.63, 3.8) is 0 Å². The summed E-state index contributed by atoms with van der Waals surface area (Å²) < 4.78 is 1.89. The molecule has 0 unspecified atom stereocenters. The van der Waals surface area contributed by atoms with Gasteiger partial charge < -0.3 is 4.57 Å². The summed E-state index contributed by atoms with van der Waals surface area (Å²) in [6, 6.07) is 4.55. The van der Waals surface area contributed by atoms with Gasteiger partial charge in [-0.2, -0.15) is 0 Å². The van der Waals surface area contributed by atoms with Crippen LogP contribution in [0.4, 0.5) is 5.69 Å². The fourth-order valence-electron chi connectivity index (χ4n) is 1.78. The van der Waals surface area contributed by atoms with Crippen LogP contribution in [0.1, 0.15) is 17.3 Å². The van der Waals surface area contributed by atoms with Crippen LogP contribution < -0.4 is 0 Å². The number of aldehydes is 1. The van der Waals surface area contributed by atoms with Crippen LogP contribution in [-0.4, -0.2) is 15.8 Å². The van der Waals surface area contributed by atoms with Crippen LogP contribution in [0.15, 0.2) is 24.4 Å². The number of nitro benzene ring substituents is 1. The van der Waals surface area contributed by atoms with E-state index in [4.69, 9.17) is 0 Å². The Balaban J connectivity index is 2.76. The van der Waals surface area contributed by atoms with E-state index in [1.54, 1.807) is 12.3 Å². The minimum absolute atomic E-state index is 0.00412. The molecule has 0 aliphatic heterocycles. The first-order valence-corrected chi connectivity index (χ1v) is 4.89. The average Bonchev–Trinajstić information content (AvgIpc) is 2.65. The quantitative estimate of drug-likeness (QED) is 0.451. The number of nitrogens with zero attached hydrogens (tertiary/aromatic N) is 2. The molecule has 0 bridgehead atoms. The molecule has 2 aromatic rings. The van der Waals surface area contributed by atoms with E-state index >= 15 is 0 Å². The van der Waals surface area contributed by atoms with Gasteiger partial charge in [-0.15, -0.1) is 0 Å². The number of non-ortho nitro benzene ring substituents is 1. The molecule has 0 amide bonds. The minimum Gasteiger partial charge on any atom is -0.347 e. The van der Waals surface area contributed by atoms with Gasteiger partial charge in [0.2, 0.25) is 0 Å². The van der Waals surface area contributed by atoms with Crippen LogP contribution in [0, 0.1) is 10.1 Å². The summed E-state index contributed by atoms with van der Waals surface area (Å²) in [5, 5.41) is 11.3. The molecule has 0 aliphatic carbocycles. The van der Waals surface area contributed by atoms with Crippen molar-refractivity contribution in [2.24, 2.45) is 0 Å². The average molecular weight is 218 g/mol. The molecular weight excluding hydrogens is 208 g/mol. The van der Waals surface area contributed by atoms with E-state index in [0.29, 0.717) is 10.9 Å². The molecule has 0 saturated heterocycles. The number of carbonyl (C=O) groups is 1. The van der Waals surface area contributed by atoms with Crippen LogP contribution in [0.2, 0.25) is 0 Å². The van der Waals surface area contributed by atoms with Gasteiger partial charge in [0.15, 0.2) is 6.29 Å². The van der Waals surface area contributed by atoms with Gasteiger partial charge in [0.1, 0.15) is 0 Å². The number of hydrogen-bond acceptors (Lipinski definition) is 3. The monoisotopic (exact) mass is 218 g/mol. The Kier molecular flexibility index (Phi) is 2.44. The van der Waals surface area contributed by atoms with Crippen molar-refractivity contribution < 1.29 is 9.72 Å². The number of aromatic nitrogens is 1. The number of carbonyl (C=O) groups excluding carboxylic acids is 1. The minimum atomic E-state index is -0.461. The van der Waals surface area contributed by atoms with Crippen LogP contribution in [-0.2, 0) is 6.54 Å². The molecule has 2 rings (SSSR count). The van der Waals surface area contributed by atoms with Gasteiger partial charge in [-0.3, -0.25) is 14.9 Å². The Morgan fingerprint density at radius 1 is 1.50 bits per heavy atom. The molecule has 82 valence electrons. The summed E-state index contributed by atoms with van der Waals surface area (Å²) in [5.74, 6) is 0. The van der Waals surface area contributed by atoms with Crippen LogP contribution in [0.25, 0.3) is 10.9 Å². The summed E-state index contributed by atoms with van der Waals surface area (Å²) in [6.45, 7) is 2.68. The maximum Gasteiger partial charge on any atom is 0.270 e. The standard InChI is InChI=1S/C11H10N2O3/c1-2-12-6-8(7-14)10-5-9(13(15)16)3-4-11(10)12/h3-7H,2H2,1H3. The lowest BCUT2D eigenvalue weighted by molar-refractivity contribution is -0.384. The van der Waals surface area contributed by atoms with Crippen molar-refractivity contribution in [3.8, 4) is 0 Å². The Hall–Kier alpha value is -2.17. The molecule has 5 heteroatoms. The molecule has 1 heterocycles. The largest absolute Gasteiger partial charge is 0.347 e. The highest BCUT2D eigenvalue weighted by molar-refractivity contribution is 5.98. The SMILES string of the molecule is CCn1cc(C=O)c2cc([N+](=O)[O-])ccc21. The molecule has 1 aromatic heterocycles. The Labute approximate surface area is 91.4 Å². The van der Waals surface area contributed by atoms with Crippen LogP contribution >= 0.6 is 0 Å². The molecule has 0 atom stereocenters. The Morgan fingerprint density at radius 3 is 2.81 bits per heavy atom. The van der Waals surface area contributed by atoms with Crippen molar-refractivity contribution in [1.82, 2.24) is 4.57 Å². The van der Waals surface area contributed by atoms with E-state index < -0.39 is 4.92 Å². The third-order valence-electron chi connectivity index (χ3n) is 2.57. The molecule has 0 radical (unpaired) electrons. The topological polar surface area (TPSA) is 65.1 Å². The highest BCUT2D eigenvalue weighted by Gasteiger charge is 2.12. The zero-order valence-electron chi connectivity index (χ0n) is 8.71. The summed E-state index contributed by atoms with van der Waals surface area (Å²) in [6.07, 6.45) is 2.43. The van der Waals surface area contributed by atoms with Gasteiger partial charge >= 0.3 is 0 Å². The fourth-order valence-corrected chi connectivity index (χ4v) is 1.78. The van der Waals surface area contributed by atoms with Crippen molar-refractivity contribution in [2.75, 3.05) is 0 Å². The van der Waals surface area contributed by atoms with Crippen molar-refractivity contribution in [2.45, 2.75) is 13.5 Å². The highest BCUT2D eigenvalue weighted by atomic mass is 16.6. The summed E-state index contributed by atoms with van der Waals surface area (Å²) >= 11 is 0. The molecule has 0 saturated carbocycles. The normalized spacial score (nSPS) is 10.6. The second-order valence-electron chi connectivity index (χ2n) is 3.45. The van der Waals surface area contributed by atoms with Gasteiger partial charge in [0.25, 0.3) is 5.69 Å². The first kappa shape index (κ1) is 10.4. The second-order valence-corrected chi connectivity index (χ2v) is 3.45. The molecule has 0 fully saturated rings. The smallest absolute Gasteiger partial charge is 0.270 e. The first-order valence-electron chi connectivity index (χ1n) is 4.89. The van der Waals surface area contributed by atoms with E-state index in [9.17, 15) is 14.9 Å². The summed E-state index contributed by atoms with van der Waals surface area (Å²) in [5.41, 5.74) is 1.33. The maximum atomic E-state index is 10.8. The first-order chi connectivity index (χ1) is 7.67. The predicted octanol–water partition coefficient (Wildman–Crippen LogP) is 2.38. The van der Waals surface area contributed by atoms with Gasteiger partial charge in [0.05, 0.1) is 4.92 Å². The van der Waals surface area contributed by atoms with Crippen molar-refractivity contribution >= 4 is 22.9 Å². The highest BCUT2D eigenvalue weighted by Crippen LogP contribution is 2.24. The van der Waals surface area contributed by atoms with E-state index in [1.165, 1.54) is 12.1 Å². The lowest BCUT2D eigenvalue weighted by Gasteiger charge is -1.99. The number of rotatable bonds is 3. The predicted molar refractivity (Wildman–Crippen MR) is 59.7 cm³/mol.